The van der Waals surface area contributed by atoms with Crippen molar-refractivity contribution >= 4 is 38.3 Å². The summed E-state index contributed by atoms with van der Waals surface area (Å²) in [7, 11) is -4.10. The average molecular weight is 716 g/mol. The van der Waals surface area contributed by atoms with Crippen molar-refractivity contribution in [1.82, 2.24) is 19.4 Å². The quantitative estimate of drug-likeness (QED) is 0.145. The van der Waals surface area contributed by atoms with Crippen LogP contribution in [-0.2, 0) is 27.8 Å². The molecule has 2 aromatic carbocycles. The molecule has 266 valence electrons. The van der Waals surface area contributed by atoms with Crippen molar-refractivity contribution < 1.29 is 33.1 Å². The molecule has 4 rings (SSSR count). The number of amides is 3. The van der Waals surface area contributed by atoms with Gasteiger partial charge in [0, 0.05) is 44.2 Å². The highest BCUT2D eigenvalue weighted by Crippen LogP contribution is 2.27. The summed E-state index contributed by atoms with van der Waals surface area (Å²) in [4.78, 5) is 41.3. The molecular weight excluding hydrogens is 671 g/mol. The minimum atomic E-state index is -4.10. The Morgan fingerprint density at radius 3 is 2.35 bits per heavy atom. The van der Waals surface area contributed by atoms with Crippen molar-refractivity contribution in [2.45, 2.75) is 70.7 Å². The number of aryl methyl sites for hydroxylation is 1. The summed E-state index contributed by atoms with van der Waals surface area (Å²) in [6, 6.07) is 12.5. The number of rotatable bonds is 16. The zero-order valence-electron chi connectivity index (χ0n) is 28.4. The zero-order valence-corrected chi connectivity index (χ0v) is 30.0. The first-order chi connectivity index (χ1) is 23.1. The number of urea groups is 1. The van der Waals surface area contributed by atoms with E-state index in [4.69, 9.17) is 0 Å². The Hall–Kier alpha value is -4.05. The number of nitro groups is 1. The van der Waals surface area contributed by atoms with Gasteiger partial charge in [0.15, 0.2) is 0 Å². The van der Waals surface area contributed by atoms with Crippen molar-refractivity contribution in [2.75, 3.05) is 26.2 Å². The molecule has 49 heavy (non-hydrogen) atoms. The molecule has 1 saturated heterocycles. The van der Waals surface area contributed by atoms with Crippen molar-refractivity contribution in [3.63, 3.8) is 0 Å². The van der Waals surface area contributed by atoms with Crippen LogP contribution in [-0.4, -0.2) is 94.0 Å². The topological polar surface area (TPSA) is 174 Å². The maximum absolute atomic E-state index is 14.1. The monoisotopic (exact) mass is 715 g/mol. The second-order valence-corrected chi connectivity index (χ2v) is 16.0. The largest absolute Gasteiger partial charge is 0.508 e. The number of hydrogen-bond donors (Lipinski definition) is 3. The molecule has 0 bridgehead atoms. The molecule has 0 saturated carbocycles. The van der Waals surface area contributed by atoms with Gasteiger partial charge in [0.05, 0.1) is 22.0 Å². The number of nitrogens with one attached hydrogen (secondary N) is 1. The summed E-state index contributed by atoms with van der Waals surface area (Å²) < 4.78 is 28.9. The summed E-state index contributed by atoms with van der Waals surface area (Å²) in [5.41, 5.74) is 1.84. The minimum Gasteiger partial charge on any atom is -0.508 e. The maximum atomic E-state index is 14.1. The predicted molar refractivity (Wildman–Crippen MR) is 187 cm³/mol. The van der Waals surface area contributed by atoms with Gasteiger partial charge < -0.3 is 25.3 Å². The number of carbonyl (C=O) groups excluding carboxylic acids is 2. The number of carbonyl (C=O) groups is 2. The molecule has 0 radical (unpaired) electrons. The smallest absolute Gasteiger partial charge is 0.324 e. The molecule has 0 aliphatic carbocycles. The molecule has 1 unspecified atom stereocenters. The number of aromatic hydroxyl groups is 1. The zero-order chi connectivity index (χ0) is 36.0. The van der Waals surface area contributed by atoms with E-state index in [1.165, 1.54) is 33.5 Å². The van der Waals surface area contributed by atoms with E-state index in [1.807, 2.05) is 58.0 Å². The number of benzene rings is 2. The first kappa shape index (κ1) is 37.8. The Balaban J connectivity index is 1.57. The molecule has 0 spiro atoms. The molecule has 1 aliphatic heterocycles. The Morgan fingerprint density at radius 1 is 1.06 bits per heavy atom. The number of aliphatic hydroxyl groups excluding tert-OH is 1. The van der Waals surface area contributed by atoms with Gasteiger partial charge in [-0.25, -0.2) is 13.2 Å². The Kier molecular flexibility index (Phi) is 12.4. The maximum Gasteiger partial charge on any atom is 0.324 e. The van der Waals surface area contributed by atoms with E-state index in [-0.39, 0.29) is 66.1 Å². The summed E-state index contributed by atoms with van der Waals surface area (Å²) in [5, 5.41) is 37.4. The second kappa shape index (κ2) is 16.1. The number of phenolic OH excluding ortho intramolecular Hbond substituents is 1. The molecule has 3 amide bonds. The normalized spacial score (nSPS) is 15.7. The highest BCUT2D eigenvalue weighted by atomic mass is 32.2. The van der Waals surface area contributed by atoms with E-state index in [0.29, 0.717) is 17.7 Å². The van der Waals surface area contributed by atoms with Gasteiger partial charge >= 0.3 is 11.0 Å². The van der Waals surface area contributed by atoms with Crippen molar-refractivity contribution in [3.05, 3.63) is 86.8 Å². The van der Waals surface area contributed by atoms with Gasteiger partial charge in [-0.2, -0.15) is 4.31 Å². The van der Waals surface area contributed by atoms with Crippen LogP contribution in [0.4, 0.5) is 9.80 Å². The number of sulfonamides is 1. The molecule has 3 N–H and O–H groups in total. The molecule has 1 aromatic heterocycles. The van der Waals surface area contributed by atoms with Crippen LogP contribution in [0.1, 0.15) is 44.4 Å². The Labute approximate surface area is 291 Å². The average Bonchev–Trinajstić information content (AvgIpc) is 3.65. The van der Waals surface area contributed by atoms with Crippen LogP contribution in [0.5, 0.6) is 5.75 Å². The highest BCUT2D eigenvalue weighted by Gasteiger charge is 2.40. The van der Waals surface area contributed by atoms with Gasteiger partial charge in [0.25, 0.3) is 0 Å². The van der Waals surface area contributed by atoms with Gasteiger partial charge in [0.1, 0.15) is 11.8 Å². The SMILES string of the molecule is Cc1cc(S(=O)(=O)N(CC(C)C)C[C@@H](O)[C@H](Cc2ccccc2)NC(=O)C(C(C)C)N2CCN(Cc3csc([N+](=O)[O-])c3)C2=O)ccc1O. The number of aliphatic hydroxyl groups is 1. The van der Waals surface area contributed by atoms with Crippen LogP contribution in [0.3, 0.4) is 0 Å². The Bertz CT molecular complexity index is 1730. The number of phenols is 1. The van der Waals surface area contributed by atoms with Gasteiger partial charge in [-0.1, -0.05) is 69.4 Å². The van der Waals surface area contributed by atoms with Crippen molar-refractivity contribution in [1.29, 1.82) is 0 Å². The second-order valence-electron chi connectivity index (χ2n) is 13.2. The van der Waals surface area contributed by atoms with Crippen LogP contribution in [0.25, 0.3) is 0 Å². The number of hydrogen-bond acceptors (Lipinski definition) is 9. The lowest BCUT2D eigenvalue weighted by Gasteiger charge is -2.34. The van der Waals surface area contributed by atoms with Crippen molar-refractivity contribution in [3.8, 4) is 5.75 Å². The van der Waals surface area contributed by atoms with Crippen LogP contribution < -0.4 is 5.32 Å². The summed E-state index contributed by atoms with van der Waals surface area (Å²) in [6.45, 7) is 9.52. The molecule has 13 nitrogen and oxygen atoms in total. The molecular formula is C34H45N5O8S2. The molecule has 2 heterocycles. The predicted octanol–water partition coefficient (Wildman–Crippen LogP) is 4.37. The van der Waals surface area contributed by atoms with Gasteiger partial charge in [-0.15, -0.1) is 0 Å². The van der Waals surface area contributed by atoms with E-state index >= 15 is 0 Å². The summed E-state index contributed by atoms with van der Waals surface area (Å²) in [6.07, 6.45) is -1.13. The fourth-order valence-corrected chi connectivity index (χ4v) is 8.37. The van der Waals surface area contributed by atoms with E-state index in [2.05, 4.69) is 5.32 Å². The third-order valence-corrected chi connectivity index (χ3v) is 11.2. The Morgan fingerprint density at radius 2 is 1.76 bits per heavy atom. The summed E-state index contributed by atoms with van der Waals surface area (Å²) in [5.74, 6) is -0.910. The fraction of sp³-hybridized carbons (Fsp3) is 0.471. The fourth-order valence-electron chi connectivity index (χ4n) is 5.94. The van der Waals surface area contributed by atoms with Gasteiger partial charge in [-0.3, -0.25) is 14.9 Å². The van der Waals surface area contributed by atoms with Gasteiger partial charge in [0.2, 0.25) is 15.9 Å². The lowest BCUT2D eigenvalue weighted by Crippen LogP contribution is -2.57. The van der Waals surface area contributed by atoms with Crippen LogP contribution in [0, 0.1) is 28.9 Å². The van der Waals surface area contributed by atoms with Crippen LogP contribution in [0.15, 0.2) is 64.9 Å². The van der Waals surface area contributed by atoms with E-state index in [1.54, 1.807) is 17.2 Å². The molecule has 15 heteroatoms. The van der Waals surface area contributed by atoms with Gasteiger partial charge in [-0.05, 0) is 60.1 Å². The third-order valence-electron chi connectivity index (χ3n) is 8.41. The summed E-state index contributed by atoms with van der Waals surface area (Å²) >= 11 is 0.988. The highest BCUT2D eigenvalue weighted by molar-refractivity contribution is 7.89. The van der Waals surface area contributed by atoms with E-state index < -0.39 is 39.0 Å². The molecule has 1 fully saturated rings. The minimum absolute atomic E-state index is 0.0149. The lowest BCUT2D eigenvalue weighted by atomic mass is 9.97. The molecule has 3 atom stereocenters. The van der Waals surface area contributed by atoms with E-state index in [0.717, 1.165) is 16.9 Å². The lowest BCUT2D eigenvalue weighted by molar-refractivity contribution is -0.380. The van der Waals surface area contributed by atoms with Crippen LogP contribution in [0.2, 0.25) is 0 Å². The number of thiophene rings is 1. The standard InChI is InChI=1S/C34H45N5O8S2/c1-22(2)18-37(49(46,47)27-11-12-29(40)24(5)15-27)20-30(41)28(16-25-9-7-6-8-10-25)35-33(42)32(23(3)4)38-14-13-36(34(38)43)19-26-17-31(39(44)45)48-21-26/h6-12,15,17,21-23,28,30,32,40-41H,13-14,16,18-20H2,1-5H3,(H,35,42)/t28-,30+,32?/m0/s1. The van der Waals surface area contributed by atoms with Crippen molar-refractivity contribution in [2.24, 2.45) is 11.8 Å². The first-order valence-electron chi connectivity index (χ1n) is 16.2. The molecule has 1 aliphatic rings. The third kappa shape index (κ3) is 9.35. The van der Waals surface area contributed by atoms with Crippen LogP contribution >= 0.6 is 11.3 Å². The first-order valence-corrected chi connectivity index (χ1v) is 18.5. The number of nitrogens with zero attached hydrogens (tertiary/aromatic N) is 4. The van der Waals surface area contributed by atoms with E-state index in [9.17, 15) is 38.3 Å². The molecule has 3 aromatic rings.